The van der Waals surface area contributed by atoms with Crippen molar-refractivity contribution in [2.75, 3.05) is 30.8 Å². The molecule has 0 atom stereocenters. The first kappa shape index (κ1) is 18.9. The molecule has 25 heavy (non-hydrogen) atoms. The van der Waals surface area contributed by atoms with E-state index in [4.69, 9.17) is 11.6 Å². The second-order valence-corrected chi connectivity index (χ2v) is 6.20. The summed E-state index contributed by atoms with van der Waals surface area (Å²) in [6.07, 6.45) is 0. The molecule has 0 heterocycles. The highest BCUT2D eigenvalue weighted by Gasteiger charge is 2.13. The first-order valence-electron chi connectivity index (χ1n) is 7.63. The van der Waals surface area contributed by atoms with E-state index in [0.29, 0.717) is 5.69 Å². The number of rotatable bonds is 6. The molecule has 0 fully saturated rings. The number of aryl methyl sites for hydroxylation is 1. The molecule has 0 saturated heterocycles. The van der Waals surface area contributed by atoms with E-state index in [1.165, 1.54) is 17.0 Å². The van der Waals surface area contributed by atoms with Crippen molar-refractivity contribution in [3.8, 4) is 0 Å². The summed E-state index contributed by atoms with van der Waals surface area (Å²) in [6.45, 7) is 1.94. The van der Waals surface area contributed by atoms with Crippen LogP contribution in [-0.2, 0) is 9.59 Å². The third-order valence-corrected chi connectivity index (χ3v) is 3.60. The van der Waals surface area contributed by atoms with Crippen molar-refractivity contribution in [1.82, 2.24) is 4.90 Å². The molecule has 0 spiro atoms. The van der Waals surface area contributed by atoms with Gasteiger partial charge in [0.15, 0.2) is 0 Å². The smallest absolute Gasteiger partial charge is 0.238 e. The summed E-state index contributed by atoms with van der Waals surface area (Å²) < 4.78 is 13.7. The minimum absolute atomic E-state index is 0.0321. The summed E-state index contributed by atoms with van der Waals surface area (Å²) in [5.41, 5.74) is 1.84. The molecular formula is C18H19ClFN3O2. The van der Waals surface area contributed by atoms with Crippen LogP contribution in [0.3, 0.4) is 0 Å². The second-order valence-electron chi connectivity index (χ2n) is 5.76. The zero-order chi connectivity index (χ0) is 18.4. The Morgan fingerprint density at radius 1 is 1.04 bits per heavy atom. The van der Waals surface area contributed by atoms with E-state index >= 15 is 0 Å². The van der Waals surface area contributed by atoms with Gasteiger partial charge in [0.2, 0.25) is 11.8 Å². The summed E-state index contributed by atoms with van der Waals surface area (Å²) in [4.78, 5) is 25.5. The van der Waals surface area contributed by atoms with Gasteiger partial charge in [-0.1, -0.05) is 29.3 Å². The first-order valence-corrected chi connectivity index (χ1v) is 8.01. The molecule has 0 unspecified atom stereocenters. The molecule has 2 aromatic rings. The number of likely N-dealkylation sites (N-methyl/N-ethyl adjacent to an activating group) is 1. The normalized spacial score (nSPS) is 10.6. The van der Waals surface area contributed by atoms with Gasteiger partial charge in [-0.2, -0.15) is 0 Å². The maximum absolute atomic E-state index is 13.7. The predicted molar refractivity (Wildman–Crippen MR) is 97.3 cm³/mol. The van der Waals surface area contributed by atoms with Gasteiger partial charge in [-0.3, -0.25) is 14.5 Å². The molecule has 0 aliphatic heterocycles. The summed E-state index contributed by atoms with van der Waals surface area (Å²) >= 11 is 5.66. The number of nitrogens with zero attached hydrogens (tertiary/aromatic N) is 1. The lowest BCUT2D eigenvalue weighted by molar-refractivity contribution is -0.119. The minimum atomic E-state index is -0.611. The number of amides is 2. The number of benzene rings is 2. The van der Waals surface area contributed by atoms with E-state index in [-0.39, 0.29) is 29.7 Å². The number of anilines is 2. The molecule has 0 radical (unpaired) electrons. The largest absolute Gasteiger partial charge is 0.325 e. The van der Waals surface area contributed by atoms with E-state index in [1.54, 1.807) is 7.05 Å². The van der Waals surface area contributed by atoms with Crippen molar-refractivity contribution >= 4 is 34.8 Å². The predicted octanol–water partition coefficient (Wildman–Crippen LogP) is 3.30. The summed E-state index contributed by atoms with van der Waals surface area (Å²) in [5, 5.41) is 5.45. The van der Waals surface area contributed by atoms with Gasteiger partial charge in [-0.15, -0.1) is 0 Å². The van der Waals surface area contributed by atoms with Crippen molar-refractivity contribution in [2.24, 2.45) is 0 Å². The van der Waals surface area contributed by atoms with Crippen LogP contribution in [0, 0.1) is 12.7 Å². The molecule has 0 aliphatic rings. The molecule has 5 nitrogen and oxygen atoms in total. The van der Waals surface area contributed by atoms with Gasteiger partial charge in [0.05, 0.1) is 18.8 Å². The maximum Gasteiger partial charge on any atom is 0.238 e. The van der Waals surface area contributed by atoms with Crippen LogP contribution in [0.15, 0.2) is 42.5 Å². The lowest BCUT2D eigenvalue weighted by Gasteiger charge is -2.16. The maximum atomic E-state index is 13.7. The molecule has 7 heteroatoms. The molecule has 132 valence electrons. The van der Waals surface area contributed by atoms with Crippen molar-refractivity contribution in [2.45, 2.75) is 6.92 Å². The lowest BCUT2D eigenvalue weighted by Crippen LogP contribution is -2.36. The Kier molecular flexibility index (Phi) is 6.50. The summed E-state index contributed by atoms with van der Waals surface area (Å²) in [5.74, 6) is -1.27. The SMILES string of the molecule is Cc1ccc(NC(=O)CN(C)CC(=O)Nc2ccc(Cl)cc2F)cc1. The highest BCUT2D eigenvalue weighted by Crippen LogP contribution is 2.18. The van der Waals surface area contributed by atoms with Crippen molar-refractivity contribution < 1.29 is 14.0 Å². The van der Waals surface area contributed by atoms with Gasteiger partial charge in [0.25, 0.3) is 0 Å². The molecular weight excluding hydrogens is 345 g/mol. The second kappa shape index (κ2) is 8.60. The van der Waals surface area contributed by atoms with Crippen molar-refractivity contribution in [3.63, 3.8) is 0 Å². The fourth-order valence-electron chi connectivity index (χ4n) is 2.16. The molecule has 0 aromatic heterocycles. The average Bonchev–Trinajstić information content (AvgIpc) is 2.52. The lowest BCUT2D eigenvalue weighted by atomic mass is 10.2. The number of hydrogen-bond acceptors (Lipinski definition) is 3. The topological polar surface area (TPSA) is 61.4 Å². The van der Waals surface area contributed by atoms with Crippen LogP contribution in [0.25, 0.3) is 0 Å². The summed E-state index contributed by atoms with van der Waals surface area (Å²) in [7, 11) is 1.63. The van der Waals surface area contributed by atoms with Gasteiger partial charge in [-0.05, 0) is 44.3 Å². The monoisotopic (exact) mass is 363 g/mol. The van der Waals surface area contributed by atoms with Crippen molar-refractivity contribution in [1.29, 1.82) is 0 Å². The van der Waals surface area contributed by atoms with Crippen LogP contribution in [0.5, 0.6) is 0 Å². The molecule has 2 rings (SSSR count). The van der Waals surface area contributed by atoms with E-state index in [0.717, 1.165) is 11.6 Å². The van der Waals surface area contributed by atoms with Gasteiger partial charge >= 0.3 is 0 Å². The average molecular weight is 364 g/mol. The zero-order valence-electron chi connectivity index (χ0n) is 14.0. The molecule has 0 bridgehead atoms. The third-order valence-electron chi connectivity index (χ3n) is 3.37. The quantitative estimate of drug-likeness (QED) is 0.827. The number of hydrogen-bond donors (Lipinski definition) is 2. The van der Waals surface area contributed by atoms with Crippen LogP contribution >= 0.6 is 11.6 Å². The number of carbonyl (C=O) groups excluding carboxylic acids is 2. The standard InChI is InChI=1S/C18H19ClFN3O2/c1-12-3-6-14(7-4-12)21-17(24)10-23(2)11-18(25)22-16-8-5-13(19)9-15(16)20/h3-9H,10-11H2,1-2H3,(H,21,24)(H,22,25). The van der Waals surface area contributed by atoms with Crippen LogP contribution < -0.4 is 10.6 Å². The Bertz CT molecular complexity index is 765. The van der Waals surface area contributed by atoms with E-state index in [9.17, 15) is 14.0 Å². The van der Waals surface area contributed by atoms with E-state index < -0.39 is 11.7 Å². The van der Waals surface area contributed by atoms with Gasteiger partial charge < -0.3 is 10.6 Å². The Balaban J connectivity index is 1.82. The van der Waals surface area contributed by atoms with Gasteiger partial charge in [0.1, 0.15) is 5.82 Å². The molecule has 2 amide bonds. The summed E-state index contributed by atoms with van der Waals surface area (Å²) in [6, 6.07) is 11.4. The first-order chi connectivity index (χ1) is 11.8. The fourth-order valence-corrected chi connectivity index (χ4v) is 2.32. The molecule has 2 N–H and O–H groups in total. The Labute approximate surface area is 150 Å². The highest BCUT2D eigenvalue weighted by atomic mass is 35.5. The zero-order valence-corrected chi connectivity index (χ0v) is 14.7. The van der Waals surface area contributed by atoms with Crippen LogP contribution in [0.1, 0.15) is 5.56 Å². The molecule has 2 aromatic carbocycles. The Morgan fingerprint density at radius 2 is 1.64 bits per heavy atom. The number of halogens is 2. The molecule has 0 aliphatic carbocycles. The van der Waals surface area contributed by atoms with Crippen LogP contribution in [0.2, 0.25) is 5.02 Å². The Morgan fingerprint density at radius 3 is 2.24 bits per heavy atom. The van der Waals surface area contributed by atoms with E-state index in [1.807, 2.05) is 31.2 Å². The number of carbonyl (C=O) groups is 2. The molecule has 0 saturated carbocycles. The van der Waals surface area contributed by atoms with Crippen LogP contribution in [0.4, 0.5) is 15.8 Å². The van der Waals surface area contributed by atoms with Gasteiger partial charge in [0, 0.05) is 10.7 Å². The Hall–Kier alpha value is -2.44. The van der Waals surface area contributed by atoms with Crippen LogP contribution in [-0.4, -0.2) is 36.9 Å². The third kappa shape index (κ3) is 6.17. The fraction of sp³-hybridized carbons (Fsp3) is 0.222. The minimum Gasteiger partial charge on any atom is -0.325 e. The van der Waals surface area contributed by atoms with E-state index in [2.05, 4.69) is 10.6 Å². The number of nitrogens with one attached hydrogen (secondary N) is 2. The highest BCUT2D eigenvalue weighted by molar-refractivity contribution is 6.30. The van der Waals surface area contributed by atoms with Gasteiger partial charge in [-0.25, -0.2) is 4.39 Å². The van der Waals surface area contributed by atoms with Crippen molar-refractivity contribution in [3.05, 3.63) is 58.9 Å².